The first kappa shape index (κ1) is 26.6. The fourth-order valence-corrected chi connectivity index (χ4v) is 4.56. The first-order valence-corrected chi connectivity index (χ1v) is 12.8. The first-order chi connectivity index (χ1) is 16.5. The number of amides is 1. The zero-order chi connectivity index (χ0) is 25.8. The van der Waals surface area contributed by atoms with Gasteiger partial charge in [0.15, 0.2) is 15.7 Å². The molecule has 8 nitrogen and oxygen atoms in total. The molecule has 0 saturated carbocycles. The van der Waals surface area contributed by atoms with Gasteiger partial charge in [-0.05, 0) is 49.7 Å². The molecule has 11 heteroatoms. The van der Waals surface area contributed by atoms with Crippen molar-refractivity contribution in [2.75, 3.05) is 12.0 Å². The fraction of sp³-hybridized carbons (Fsp3) is 0.250. The first-order valence-electron chi connectivity index (χ1n) is 10.5. The number of methoxy groups -OCH3 is 1. The Balaban J connectivity index is 1.98. The molecule has 0 N–H and O–H groups in total. The van der Waals surface area contributed by atoms with Crippen molar-refractivity contribution in [3.05, 3.63) is 76.2 Å². The minimum absolute atomic E-state index is 0.0210. The van der Waals surface area contributed by atoms with Crippen LogP contribution in [0.25, 0.3) is 0 Å². The number of Topliss-reactive ketones (excluding diaryl/α,β-unsaturated/α-hetero) is 1. The van der Waals surface area contributed by atoms with Crippen molar-refractivity contribution in [1.29, 1.82) is 0 Å². The summed E-state index contributed by atoms with van der Waals surface area (Å²) in [7, 11) is -2.19. The molecule has 0 atom stereocenters. The van der Waals surface area contributed by atoms with E-state index in [9.17, 15) is 18.0 Å². The van der Waals surface area contributed by atoms with Crippen molar-refractivity contribution >= 4 is 50.4 Å². The highest BCUT2D eigenvalue weighted by molar-refractivity contribution is 7.92. The Morgan fingerprint density at radius 3 is 2.46 bits per heavy atom. The molecule has 184 valence electrons. The Labute approximate surface area is 213 Å². The molecule has 0 unspecified atom stereocenters. The van der Waals surface area contributed by atoms with Crippen LogP contribution in [-0.4, -0.2) is 42.4 Å². The standard InChI is InChI=1S/C24H23Cl2N3O5S/c1-15(2)35(32,33)18-6-4-5-17(12-18)29(14-16-7-8-19(25)20(26)11-16)23(31)13-21(30)24-27-10-9-22(28-24)34-3/h4-12,15H,13-14H2,1-3H3. The predicted molar refractivity (Wildman–Crippen MR) is 134 cm³/mol. The summed E-state index contributed by atoms with van der Waals surface area (Å²) in [6.07, 6.45) is 0.812. The number of anilines is 1. The number of ether oxygens (including phenoxy) is 1. The van der Waals surface area contributed by atoms with Crippen LogP contribution in [-0.2, 0) is 21.2 Å². The number of hydrogen-bond acceptors (Lipinski definition) is 7. The summed E-state index contributed by atoms with van der Waals surface area (Å²) in [6, 6.07) is 12.4. The van der Waals surface area contributed by atoms with Crippen molar-refractivity contribution in [2.24, 2.45) is 0 Å². The number of carbonyl (C=O) groups excluding carboxylic acids is 2. The van der Waals surface area contributed by atoms with E-state index in [1.54, 1.807) is 44.2 Å². The van der Waals surface area contributed by atoms with Gasteiger partial charge in [-0.1, -0.05) is 35.3 Å². The maximum Gasteiger partial charge on any atom is 0.235 e. The van der Waals surface area contributed by atoms with Crippen LogP contribution in [0.2, 0.25) is 10.0 Å². The summed E-state index contributed by atoms with van der Waals surface area (Å²) >= 11 is 12.1. The minimum Gasteiger partial charge on any atom is -0.481 e. The molecule has 0 aliphatic rings. The summed E-state index contributed by atoms with van der Waals surface area (Å²) in [4.78, 5) is 35.4. The zero-order valence-electron chi connectivity index (χ0n) is 19.2. The second-order valence-electron chi connectivity index (χ2n) is 7.84. The molecule has 35 heavy (non-hydrogen) atoms. The van der Waals surface area contributed by atoms with Crippen molar-refractivity contribution in [1.82, 2.24) is 9.97 Å². The van der Waals surface area contributed by atoms with Gasteiger partial charge in [0.25, 0.3) is 0 Å². The highest BCUT2D eigenvalue weighted by Crippen LogP contribution is 2.27. The number of nitrogens with zero attached hydrogens (tertiary/aromatic N) is 3. The lowest BCUT2D eigenvalue weighted by atomic mass is 10.1. The molecule has 0 spiro atoms. The molecule has 0 aliphatic heterocycles. The molecule has 3 rings (SSSR count). The Bertz CT molecular complexity index is 1360. The lowest BCUT2D eigenvalue weighted by Crippen LogP contribution is -2.32. The summed E-state index contributed by atoms with van der Waals surface area (Å²) in [5.74, 6) is -1.16. The van der Waals surface area contributed by atoms with Gasteiger partial charge in [0.05, 0.1) is 40.3 Å². The number of sulfone groups is 1. The number of benzene rings is 2. The average molecular weight is 536 g/mol. The van der Waals surface area contributed by atoms with Crippen molar-refractivity contribution in [2.45, 2.75) is 37.0 Å². The monoisotopic (exact) mass is 535 g/mol. The summed E-state index contributed by atoms with van der Waals surface area (Å²) in [6.45, 7) is 3.17. The van der Waals surface area contributed by atoms with E-state index in [0.717, 1.165) is 0 Å². The topological polar surface area (TPSA) is 107 Å². The summed E-state index contributed by atoms with van der Waals surface area (Å²) in [5, 5.41) is 0.000915. The van der Waals surface area contributed by atoms with Crippen LogP contribution in [0.5, 0.6) is 5.88 Å². The molecule has 1 heterocycles. The molecular formula is C24H23Cl2N3O5S. The van der Waals surface area contributed by atoms with Crippen LogP contribution in [0.1, 0.15) is 36.5 Å². The fourth-order valence-electron chi connectivity index (χ4n) is 3.15. The third-order valence-corrected chi connectivity index (χ3v) is 8.00. The van der Waals surface area contributed by atoms with E-state index in [2.05, 4.69) is 9.97 Å². The molecule has 0 bridgehead atoms. The summed E-state index contributed by atoms with van der Waals surface area (Å²) in [5.41, 5.74) is 0.942. The molecule has 1 aromatic heterocycles. The second kappa shape index (κ2) is 11.2. The number of carbonyl (C=O) groups is 2. The third-order valence-electron chi connectivity index (χ3n) is 5.10. The maximum absolute atomic E-state index is 13.3. The molecule has 0 aliphatic carbocycles. The second-order valence-corrected chi connectivity index (χ2v) is 11.2. The van der Waals surface area contributed by atoms with E-state index in [1.165, 1.54) is 36.4 Å². The van der Waals surface area contributed by atoms with E-state index in [1.807, 2.05) is 0 Å². The molecular weight excluding hydrogens is 513 g/mol. The van der Waals surface area contributed by atoms with E-state index >= 15 is 0 Å². The zero-order valence-corrected chi connectivity index (χ0v) is 21.6. The molecule has 0 saturated heterocycles. The number of aromatic nitrogens is 2. The van der Waals surface area contributed by atoms with Crippen LogP contribution in [0.4, 0.5) is 5.69 Å². The van der Waals surface area contributed by atoms with Gasteiger partial charge >= 0.3 is 0 Å². The van der Waals surface area contributed by atoms with Gasteiger partial charge in [0, 0.05) is 18.0 Å². The van der Waals surface area contributed by atoms with Crippen LogP contribution < -0.4 is 9.64 Å². The molecule has 0 fully saturated rings. The van der Waals surface area contributed by atoms with Crippen molar-refractivity contribution < 1.29 is 22.7 Å². The van der Waals surface area contributed by atoms with Gasteiger partial charge in [-0.15, -0.1) is 0 Å². The number of halogens is 2. The Hall–Kier alpha value is -3.01. The molecule has 2 aromatic carbocycles. The third kappa shape index (κ3) is 6.36. The quantitative estimate of drug-likeness (QED) is 0.286. The molecule has 1 amide bonds. The van der Waals surface area contributed by atoms with E-state index in [4.69, 9.17) is 27.9 Å². The van der Waals surface area contributed by atoms with Gasteiger partial charge in [-0.2, -0.15) is 4.98 Å². The number of rotatable bonds is 9. The largest absolute Gasteiger partial charge is 0.481 e. The maximum atomic E-state index is 13.3. The lowest BCUT2D eigenvalue weighted by molar-refractivity contribution is -0.117. The highest BCUT2D eigenvalue weighted by Gasteiger charge is 2.25. The Kier molecular flexibility index (Phi) is 8.47. The predicted octanol–water partition coefficient (Wildman–Crippen LogP) is 4.78. The van der Waals surface area contributed by atoms with Gasteiger partial charge in [-0.25, -0.2) is 13.4 Å². The summed E-state index contributed by atoms with van der Waals surface area (Å²) < 4.78 is 30.5. The number of hydrogen-bond donors (Lipinski definition) is 0. The van der Waals surface area contributed by atoms with Gasteiger partial charge in [0.1, 0.15) is 0 Å². The average Bonchev–Trinajstić information content (AvgIpc) is 2.84. The van der Waals surface area contributed by atoms with E-state index in [0.29, 0.717) is 21.3 Å². The smallest absolute Gasteiger partial charge is 0.235 e. The highest BCUT2D eigenvalue weighted by atomic mass is 35.5. The van der Waals surface area contributed by atoms with Gasteiger partial charge < -0.3 is 9.64 Å². The van der Waals surface area contributed by atoms with Crippen LogP contribution in [0, 0.1) is 0 Å². The van der Waals surface area contributed by atoms with Crippen molar-refractivity contribution in [3.8, 4) is 5.88 Å². The SMILES string of the molecule is COc1ccnc(C(=O)CC(=O)N(Cc2ccc(Cl)c(Cl)c2)c2cccc(S(=O)(=O)C(C)C)c2)n1. The van der Waals surface area contributed by atoms with Crippen molar-refractivity contribution in [3.63, 3.8) is 0 Å². The lowest BCUT2D eigenvalue weighted by Gasteiger charge is -2.24. The van der Waals surface area contributed by atoms with Gasteiger partial charge in [0.2, 0.25) is 17.6 Å². The van der Waals surface area contributed by atoms with Crippen LogP contribution in [0.15, 0.2) is 59.6 Å². The van der Waals surface area contributed by atoms with E-state index < -0.39 is 33.2 Å². The minimum atomic E-state index is -3.59. The van der Waals surface area contributed by atoms with E-state index in [-0.39, 0.29) is 23.1 Å². The number of ketones is 1. The Morgan fingerprint density at radius 1 is 1.06 bits per heavy atom. The normalized spacial score (nSPS) is 11.4. The van der Waals surface area contributed by atoms with Crippen LogP contribution >= 0.6 is 23.2 Å². The van der Waals surface area contributed by atoms with Gasteiger partial charge in [-0.3, -0.25) is 9.59 Å². The van der Waals surface area contributed by atoms with Crippen LogP contribution in [0.3, 0.4) is 0 Å². The molecule has 0 radical (unpaired) electrons. The molecule has 3 aromatic rings. The Morgan fingerprint density at radius 2 is 1.80 bits per heavy atom.